The van der Waals surface area contributed by atoms with Crippen molar-refractivity contribution >= 4 is 25.8 Å². The van der Waals surface area contributed by atoms with Crippen molar-refractivity contribution in [3.63, 3.8) is 0 Å². The van der Waals surface area contributed by atoms with E-state index in [0.717, 1.165) is 38.3 Å². The largest absolute Gasteiger partial charge is 0.297 e. The van der Waals surface area contributed by atoms with Crippen molar-refractivity contribution in [2.45, 2.75) is 21.6 Å². The number of rotatable bonds is 7. The Kier molecular flexibility index (Phi) is 7.12. The lowest BCUT2D eigenvalue weighted by molar-refractivity contribution is 0.137. The Labute approximate surface area is 213 Å². The van der Waals surface area contributed by atoms with Gasteiger partial charge in [0.2, 0.25) is 0 Å². The SMILES string of the molecule is O=S1(=O)CC(S(=O)(=O)c2ccccc2)c2c(CN3CCN(CC=Cc4ccccc4)CC3)cccc21. The molecule has 0 bridgehead atoms. The molecule has 0 spiro atoms. The molecule has 1 unspecified atom stereocenters. The Balaban J connectivity index is 1.30. The lowest BCUT2D eigenvalue weighted by Gasteiger charge is -2.34. The molecule has 2 aliphatic heterocycles. The van der Waals surface area contributed by atoms with Crippen LogP contribution in [0, 0.1) is 0 Å². The van der Waals surface area contributed by atoms with Crippen LogP contribution in [0.25, 0.3) is 6.08 Å². The van der Waals surface area contributed by atoms with Crippen LogP contribution < -0.4 is 0 Å². The van der Waals surface area contributed by atoms with Crippen LogP contribution in [0.15, 0.2) is 94.7 Å². The molecule has 2 aliphatic rings. The summed E-state index contributed by atoms with van der Waals surface area (Å²) in [7, 11) is -7.51. The fraction of sp³-hybridized carbons (Fsp3) is 0.286. The smallest absolute Gasteiger partial charge is 0.186 e. The summed E-state index contributed by atoms with van der Waals surface area (Å²) < 4.78 is 52.8. The summed E-state index contributed by atoms with van der Waals surface area (Å²) in [5, 5.41) is -1.08. The van der Waals surface area contributed by atoms with Crippen molar-refractivity contribution in [3.05, 3.63) is 102 Å². The van der Waals surface area contributed by atoms with E-state index in [1.165, 1.54) is 17.7 Å². The summed E-state index contributed by atoms with van der Waals surface area (Å²) in [4.78, 5) is 4.99. The molecule has 3 aromatic carbocycles. The normalized spacial score (nSPS) is 20.5. The van der Waals surface area contributed by atoms with Crippen molar-refractivity contribution in [1.82, 2.24) is 9.80 Å². The summed E-state index contributed by atoms with van der Waals surface area (Å²) in [5.41, 5.74) is 2.43. The van der Waals surface area contributed by atoms with E-state index in [4.69, 9.17) is 0 Å². The average Bonchev–Trinajstić information content (AvgIpc) is 3.18. The summed E-state index contributed by atoms with van der Waals surface area (Å²) in [6.07, 6.45) is 4.31. The fourth-order valence-electron chi connectivity index (χ4n) is 5.03. The van der Waals surface area contributed by atoms with Crippen LogP contribution >= 0.6 is 0 Å². The second-order valence-corrected chi connectivity index (χ2v) is 13.5. The molecule has 5 rings (SSSR count). The second-order valence-electron chi connectivity index (χ2n) is 9.35. The first-order valence-electron chi connectivity index (χ1n) is 12.1. The van der Waals surface area contributed by atoms with Crippen LogP contribution in [0.1, 0.15) is 21.9 Å². The highest BCUT2D eigenvalue weighted by atomic mass is 32.2. The number of nitrogens with zero attached hydrogens (tertiary/aromatic N) is 2. The average molecular weight is 523 g/mol. The molecule has 0 saturated carbocycles. The Morgan fingerprint density at radius 1 is 0.806 bits per heavy atom. The van der Waals surface area contributed by atoms with Crippen LogP contribution in [0.3, 0.4) is 0 Å². The van der Waals surface area contributed by atoms with Crippen molar-refractivity contribution in [3.8, 4) is 0 Å². The molecule has 0 aromatic heterocycles. The molecule has 36 heavy (non-hydrogen) atoms. The maximum Gasteiger partial charge on any atom is 0.186 e. The summed E-state index contributed by atoms with van der Waals surface area (Å²) >= 11 is 0. The monoisotopic (exact) mass is 522 g/mol. The molecule has 2 heterocycles. The van der Waals surface area contributed by atoms with E-state index in [-0.39, 0.29) is 9.79 Å². The Morgan fingerprint density at radius 3 is 2.14 bits per heavy atom. The molecular formula is C28H30N2O4S2. The van der Waals surface area contributed by atoms with Gasteiger partial charge in [-0.05, 0) is 34.9 Å². The molecule has 0 aliphatic carbocycles. The molecule has 0 N–H and O–H groups in total. The van der Waals surface area contributed by atoms with E-state index in [1.807, 2.05) is 24.3 Å². The first kappa shape index (κ1) is 24.9. The number of hydrogen-bond donors (Lipinski definition) is 0. The molecule has 8 heteroatoms. The molecule has 188 valence electrons. The van der Waals surface area contributed by atoms with Gasteiger partial charge in [-0.3, -0.25) is 9.80 Å². The maximum atomic E-state index is 13.5. The van der Waals surface area contributed by atoms with E-state index in [0.29, 0.717) is 12.1 Å². The van der Waals surface area contributed by atoms with Crippen LogP contribution in [0.4, 0.5) is 0 Å². The van der Waals surface area contributed by atoms with Gasteiger partial charge in [0.25, 0.3) is 0 Å². The molecule has 3 aromatic rings. The summed E-state index contributed by atoms with van der Waals surface area (Å²) in [6, 6.07) is 23.5. The van der Waals surface area contributed by atoms with E-state index < -0.39 is 30.7 Å². The molecule has 6 nitrogen and oxygen atoms in total. The van der Waals surface area contributed by atoms with E-state index in [2.05, 4.69) is 34.1 Å². The highest BCUT2D eigenvalue weighted by Crippen LogP contribution is 2.43. The highest BCUT2D eigenvalue weighted by Gasteiger charge is 2.44. The zero-order valence-electron chi connectivity index (χ0n) is 20.0. The quantitative estimate of drug-likeness (QED) is 0.470. The predicted octanol–water partition coefficient (Wildman–Crippen LogP) is 3.82. The number of fused-ring (bicyclic) bond motifs is 1. The lowest BCUT2D eigenvalue weighted by atomic mass is 10.0. The highest BCUT2D eigenvalue weighted by molar-refractivity contribution is 7.96. The zero-order valence-corrected chi connectivity index (χ0v) is 21.7. The Bertz CT molecular complexity index is 1450. The van der Waals surface area contributed by atoms with E-state index in [9.17, 15) is 16.8 Å². The molecular weight excluding hydrogens is 492 g/mol. The number of hydrogen-bond acceptors (Lipinski definition) is 6. The van der Waals surface area contributed by atoms with Crippen molar-refractivity contribution < 1.29 is 16.8 Å². The molecule has 0 radical (unpaired) electrons. The van der Waals surface area contributed by atoms with Gasteiger partial charge >= 0.3 is 0 Å². The molecule has 1 fully saturated rings. The third kappa shape index (κ3) is 5.18. The van der Waals surface area contributed by atoms with E-state index >= 15 is 0 Å². The second kappa shape index (κ2) is 10.3. The Morgan fingerprint density at radius 2 is 1.44 bits per heavy atom. The third-order valence-corrected chi connectivity index (χ3v) is 11.1. The molecule has 0 amide bonds. The molecule has 1 atom stereocenters. The van der Waals surface area contributed by atoms with Gasteiger partial charge in [-0.1, -0.05) is 72.8 Å². The fourth-order valence-corrected chi connectivity index (χ4v) is 9.45. The zero-order chi connectivity index (χ0) is 25.2. The number of benzene rings is 3. The Hall–Kier alpha value is -2.78. The van der Waals surface area contributed by atoms with Crippen LogP contribution in [0.2, 0.25) is 0 Å². The summed E-state index contributed by atoms with van der Waals surface area (Å²) in [5.74, 6) is -0.405. The minimum atomic E-state index is -3.84. The van der Waals surface area contributed by atoms with Crippen LogP contribution in [0.5, 0.6) is 0 Å². The number of piperazine rings is 1. The van der Waals surface area contributed by atoms with Gasteiger partial charge in [0.15, 0.2) is 19.7 Å². The topological polar surface area (TPSA) is 74.8 Å². The van der Waals surface area contributed by atoms with Gasteiger partial charge in [-0.15, -0.1) is 0 Å². The van der Waals surface area contributed by atoms with Crippen molar-refractivity contribution in [1.29, 1.82) is 0 Å². The predicted molar refractivity (Wildman–Crippen MR) is 142 cm³/mol. The van der Waals surface area contributed by atoms with Crippen molar-refractivity contribution in [2.24, 2.45) is 0 Å². The van der Waals surface area contributed by atoms with Gasteiger partial charge in [-0.25, -0.2) is 16.8 Å². The number of sulfone groups is 2. The van der Waals surface area contributed by atoms with Gasteiger partial charge in [-0.2, -0.15) is 0 Å². The minimum absolute atomic E-state index is 0.157. The van der Waals surface area contributed by atoms with Crippen LogP contribution in [-0.4, -0.2) is 65.1 Å². The van der Waals surface area contributed by atoms with Gasteiger partial charge in [0.05, 0.1) is 15.5 Å². The lowest BCUT2D eigenvalue weighted by Crippen LogP contribution is -2.45. The van der Waals surface area contributed by atoms with Crippen LogP contribution in [-0.2, 0) is 26.2 Å². The first-order valence-corrected chi connectivity index (χ1v) is 15.3. The maximum absolute atomic E-state index is 13.5. The first-order chi connectivity index (χ1) is 17.3. The minimum Gasteiger partial charge on any atom is -0.297 e. The third-order valence-electron chi connectivity index (χ3n) is 6.96. The van der Waals surface area contributed by atoms with E-state index in [1.54, 1.807) is 30.3 Å². The van der Waals surface area contributed by atoms with Crippen molar-refractivity contribution in [2.75, 3.05) is 38.5 Å². The van der Waals surface area contributed by atoms with Gasteiger partial charge in [0, 0.05) is 39.3 Å². The standard InChI is InChI=1S/C28H30N2O4S2/c31-35(32)22-27(36(33,34)25-13-5-2-6-14-25)28-24(12-7-15-26(28)35)21-30-19-17-29(18-20-30)16-8-11-23-9-3-1-4-10-23/h1-15,27H,16-22H2. The van der Waals surface area contributed by atoms with Gasteiger partial charge < -0.3 is 0 Å². The van der Waals surface area contributed by atoms with Gasteiger partial charge in [0.1, 0.15) is 5.25 Å². The summed E-state index contributed by atoms with van der Waals surface area (Å²) in [6.45, 7) is 4.89. The molecule has 1 saturated heterocycles.